The molecule has 0 spiro atoms. The summed E-state index contributed by atoms with van der Waals surface area (Å²) in [5.41, 5.74) is -0.135. The molecule has 2 atom stereocenters. The quantitative estimate of drug-likeness (QED) is 0.563. The van der Waals surface area contributed by atoms with Crippen molar-refractivity contribution in [2.24, 2.45) is 0 Å². The van der Waals surface area contributed by atoms with Gasteiger partial charge in [0.25, 0.3) is 0 Å². The van der Waals surface area contributed by atoms with Crippen LogP contribution in [0.5, 0.6) is 0 Å². The van der Waals surface area contributed by atoms with E-state index in [4.69, 9.17) is 0 Å². The van der Waals surface area contributed by atoms with Gasteiger partial charge in [0, 0.05) is 18.5 Å². The molecular formula is C22H29F2NO. The molecule has 0 fully saturated rings. The maximum Gasteiger partial charge on any atom is 0.147 e. The van der Waals surface area contributed by atoms with E-state index in [-0.39, 0.29) is 18.2 Å². The second-order valence-corrected chi connectivity index (χ2v) is 6.71. The second-order valence-electron chi connectivity index (χ2n) is 6.71. The van der Waals surface area contributed by atoms with Crippen LogP contribution in [0, 0.1) is 11.6 Å². The van der Waals surface area contributed by atoms with Crippen molar-refractivity contribution < 1.29 is 13.6 Å². The molecule has 4 heteroatoms. The smallest absolute Gasteiger partial charge is 0.147 e. The van der Waals surface area contributed by atoms with E-state index in [1.165, 1.54) is 12.1 Å². The average molecular weight is 361 g/mol. The maximum atomic E-state index is 14.0. The molecule has 1 aromatic carbocycles. The van der Waals surface area contributed by atoms with Crippen molar-refractivity contribution >= 4 is 5.78 Å². The van der Waals surface area contributed by atoms with Crippen molar-refractivity contribution in [1.29, 1.82) is 0 Å². The molecular weight excluding hydrogens is 332 g/mol. The number of carbonyl (C=O) groups is 1. The third kappa shape index (κ3) is 4.76. The summed E-state index contributed by atoms with van der Waals surface area (Å²) in [7, 11) is 3.84. The summed E-state index contributed by atoms with van der Waals surface area (Å²) in [4.78, 5) is 15.2. The van der Waals surface area contributed by atoms with Crippen LogP contribution in [-0.4, -0.2) is 30.8 Å². The maximum absolute atomic E-state index is 14.0. The number of hydrogen-bond donors (Lipinski definition) is 0. The second kappa shape index (κ2) is 9.58. The highest BCUT2D eigenvalue weighted by molar-refractivity contribution is 5.94. The summed E-state index contributed by atoms with van der Waals surface area (Å²) in [5, 5.41) is 0. The normalized spacial score (nSPS) is 15.9. The Morgan fingerprint density at radius 3 is 2.27 bits per heavy atom. The summed E-state index contributed by atoms with van der Waals surface area (Å²) >= 11 is 0. The van der Waals surface area contributed by atoms with Gasteiger partial charge in [-0.05, 0) is 57.6 Å². The Balaban J connectivity index is 3.86. The van der Waals surface area contributed by atoms with Crippen LogP contribution in [0.4, 0.5) is 8.78 Å². The van der Waals surface area contributed by atoms with Crippen molar-refractivity contribution in [3.8, 4) is 0 Å². The Hall–Kier alpha value is -2.07. The van der Waals surface area contributed by atoms with E-state index in [0.717, 1.165) is 6.07 Å². The Labute approximate surface area is 155 Å². The van der Waals surface area contributed by atoms with Crippen LogP contribution in [0.3, 0.4) is 0 Å². The lowest BCUT2D eigenvalue weighted by Gasteiger charge is -2.38. The van der Waals surface area contributed by atoms with Gasteiger partial charge in [-0.3, -0.25) is 4.79 Å². The SMILES string of the molecule is C=C/C=C(\C=C/C)[C@](C[C@H](C)N(C)C)(C(=O)CC)c1cc(F)cc(F)c1. The van der Waals surface area contributed by atoms with Crippen molar-refractivity contribution in [3.63, 3.8) is 0 Å². The van der Waals surface area contributed by atoms with Crippen LogP contribution in [-0.2, 0) is 10.2 Å². The van der Waals surface area contributed by atoms with Gasteiger partial charge in [-0.15, -0.1) is 0 Å². The van der Waals surface area contributed by atoms with Crippen LogP contribution in [0.2, 0.25) is 0 Å². The highest BCUT2D eigenvalue weighted by Crippen LogP contribution is 2.41. The molecule has 1 rings (SSSR count). The fourth-order valence-electron chi connectivity index (χ4n) is 3.21. The van der Waals surface area contributed by atoms with E-state index in [0.29, 0.717) is 17.6 Å². The fourth-order valence-corrected chi connectivity index (χ4v) is 3.21. The standard InChI is InChI=1S/C22H29F2NO/c1-7-10-17(11-8-2)22(21(26)9-3,15-16(4)25(5)6)18-12-19(23)14-20(24)13-18/h7-8,10-14,16H,1,9,15H2,2-6H3/b11-8-,17-10+/t16-,22-/m0/s1. The van der Waals surface area contributed by atoms with Gasteiger partial charge in [0.15, 0.2) is 0 Å². The molecule has 0 aliphatic carbocycles. The van der Waals surface area contributed by atoms with Crippen molar-refractivity contribution in [2.45, 2.75) is 45.1 Å². The molecule has 0 aliphatic heterocycles. The van der Waals surface area contributed by atoms with Crippen LogP contribution in [0.15, 0.2) is 54.7 Å². The number of halogens is 2. The molecule has 0 heterocycles. The molecule has 0 bridgehead atoms. The van der Waals surface area contributed by atoms with E-state index in [2.05, 4.69) is 6.58 Å². The Morgan fingerprint density at radius 1 is 1.27 bits per heavy atom. The predicted octanol–water partition coefficient (Wildman–Crippen LogP) is 5.21. The average Bonchev–Trinajstić information content (AvgIpc) is 2.57. The lowest BCUT2D eigenvalue weighted by atomic mass is 9.66. The van der Waals surface area contributed by atoms with Gasteiger partial charge < -0.3 is 4.90 Å². The predicted molar refractivity (Wildman–Crippen MR) is 104 cm³/mol. The first-order chi connectivity index (χ1) is 12.2. The summed E-state index contributed by atoms with van der Waals surface area (Å²) in [6.07, 6.45) is 7.65. The molecule has 0 aromatic heterocycles. The van der Waals surface area contributed by atoms with Crippen molar-refractivity contribution in [1.82, 2.24) is 4.90 Å². The Kier molecular flexibility index (Phi) is 8.09. The molecule has 0 saturated heterocycles. The van der Waals surface area contributed by atoms with E-state index >= 15 is 0 Å². The van der Waals surface area contributed by atoms with E-state index in [1.807, 2.05) is 45.0 Å². The lowest BCUT2D eigenvalue weighted by molar-refractivity contribution is -0.123. The lowest BCUT2D eigenvalue weighted by Crippen LogP contribution is -2.43. The van der Waals surface area contributed by atoms with Gasteiger partial charge in [-0.2, -0.15) is 0 Å². The highest BCUT2D eigenvalue weighted by atomic mass is 19.1. The number of allylic oxidation sites excluding steroid dienone is 5. The number of Topliss-reactive ketones (excluding diaryl/α,β-unsaturated/α-hetero) is 1. The van der Waals surface area contributed by atoms with Gasteiger partial charge in [-0.25, -0.2) is 8.78 Å². The largest absolute Gasteiger partial charge is 0.307 e. The van der Waals surface area contributed by atoms with E-state index < -0.39 is 17.0 Å². The zero-order valence-electron chi connectivity index (χ0n) is 16.4. The molecule has 1 aromatic rings. The summed E-state index contributed by atoms with van der Waals surface area (Å²) in [5.74, 6) is -1.46. The summed E-state index contributed by atoms with van der Waals surface area (Å²) in [6.45, 7) is 9.36. The molecule has 0 saturated carbocycles. The number of benzene rings is 1. The fraction of sp³-hybridized carbons (Fsp3) is 0.409. The first-order valence-corrected chi connectivity index (χ1v) is 8.85. The van der Waals surface area contributed by atoms with E-state index in [9.17, 15) is 13.6 Å². The molecule has 0 amide bonds. The number of hydrogen-bond acceptors (Lipinski definition) is 2. The first-order valence-electron chi connectivity index (χ1n) is 8.85. The van der Waals surface area contributed by atoms with Gasteiger partial charge in [0.05, 0.1) is 5.41 Å². The molecule has 0 aliphatic rings. The number of nitrogens with zero attached hydrogens (tertiary/aromatic N) is 1. The monoisotopic (exact) mass is 361 g/mol. The van der Waals surface area contributed by atoms with Crippen LogP contribution in [0.1, 0.15) is 39.2 Å². The van der Waals surface area contributed by atoms with E-state index in [1.54, 1.807) is 19.1 Å². The Bertz CT molecular complexity index is 686. The van der Waals surface area contributed by atoms with Gasteiger partial charge in [0.1, 0.15) is 17.4 Å². The minimum atomic E-state index is -1.15. The van der Waals surface area contributed by atoms with Crippen LogP contribution in [0.25, 0.3) is 0 Å². The zero-order chi connectivity index (χ0) is 19.9. The number of carbonyl (C=O) groups excluding carboxylic acids is 1. The van der Waals surface area contributed by atoms with Gasteiger partial charge in [0.2, 0.25) is 0 Å². The summed E-state index contributed by atoms with van der Waals surface area (Å²) < 4.78 is 28.1. The van der Waals surface area contributed by atoms with Crippen LogP contribution < -0.4 is 0 Å². The molecule has 2 nitrogen and oxygen atoms in total. The molecule has 0 N–H and O–H groups in total. The van der Waals surface area contributed by atoms with Crippen LogP contribution >= 0.6 is 0 Å². The highest BCUT2D eigenvalue weighted by Gasteiger charge is 2.43. The topological polar surface area (TPSA) is 20.3 Å². The van der Waals surface area contributed by atoms with Gasteiger partial charge in [-0.1, -0.05) is 37.8 Å². The Morgan fingerprint density at radius 2 is 1.85 bits per heavy atom. The molecule has 142 valence electrons. The van der Waals surface area contributed by atoms with Crippen molar-refractivity contribution in [3.05, 3.63) is 71.9 Å². The number of rotatable bonds is 9. The molecule has 0 unspecified atom stereocenters. The zero-order valence-corrected chi connectivity index (χ0v) is 16.4. The number of ketones is 1. The molecule has 0 radical (unpaired) electrons. The minimum Gasteiger partial charge on any atom is -0.307 e. The third-order valence-corrected chi connectivity index (χ3v) is 4.77. The van der Waals surface area contributed by atoms with Gasteiger partial charge >= 0.3 is 0 Å². The first kappa shape index (κ1) is 22.0. The van der Waals surface area contributed by atoms with Crippen molar-refractivity contribution in [2.75, 3.05) is 14.1 Å². The third-order valence-electron chi connectivity index (χ3n) is 4.77. The minimum absolute atomic E-state index is 0.00954. The summed E-state index contributed by atoms with van der Waals surface area (Å²) in [6, 6.07) is 3.36. The molecule has 26 heavy (non-hydrogen) atoms.